The van der Waals surface area contributed by atoms with E-state index in [2.05, 4.69) is 4.90 Å². The van der Waals surface area contributed by atoms with Gasteiger partial charge in [-0.05, 0) is 55.2 Å². The van der Waals surface area contributed by atoms with Crippen LogP contribution in [0.5, 0.6) is 17.2 Å². The van der Waals surface area contributed by atoms with E-state index in [1.807, 2.05) is 47.9 Å². The molecule has 1 fully saturated rings. The molecule has 0 radical (unpaired) electrons. The maximum absolute atomic E-state index is 12.8. The molecular weight excluding hydrogens is 474 g/mol. The van der Waals surface area contributed by atoms with E-state index in [4.69, 9.17) is 14.2 Å². The largest absolute Gasteiger partial charge is 0.497 e. The molecule has 0 bridgehead atoms. The van der Waals surface area contributed by atoms with Crippen molar-refractivity contribution in [3.8, 4) is 17.2 Å². The van der Waals surface area contributed by atoms with Gasteiger partial charge in [-0.15, -0.1) is 0 Å². The summed E-state index contributed by atoms with van der Waals surface area (Å²) in [5.74, 6) is 2.09. The Bertz CT molecular complexity index is 1350. The van der Waals surface area contributed by atoms with E-state index in [9.17, 15) is 14.7 Å². The van der Waals surface area contributed by atoms with Crippen LogP contribution in [0.2, 0.25) is 0 Å². The molecule has 0 aliphatic carbocycles. The van der Waals surface area contributed by atoms with Gasteiger partial charge in [0.05, 0.1) is 12.6 Å². The Morgan fingerprint density at radius 1 is 1.05 bits per heavy atom. The summed E-state index contributed by atoms with van der Waals surface area (Å²) in [7, 11) is 1.62. The number of aryl methyl sites for hydroxylation is 1. The Balaban J connectivity index is 1.22. The van der Waals surface area contributed by atoms with Crippen LogP contribution in [0, 0.1) is 6.92 Å². The molecule has 0 unspecified atom stereocenters. The lowest BCUT2D eigenvalue weighted by Crippen LogP contribution is -2.47. The zero-order valence-corrected chi connectivity index (χ0v) is 21.3. The van der Waals surface area contributed by atoms with E-state index < -0.39 is 6.09 Å². The maximum atomic E-state index is 12.8. The molecule has 0 saturated carbocycles. The molecule has 2 aromatic carbocycles. The minimum absolute atomic E-state index is 0.0235. The van der Waals surface area contributed by atoms with Crippen LogP contribution in [-0.4, -0.2) is 71.6 Å². The Morgan fingerprint density at radius 3 is 2.54 bits per heavy atom. The van der Waals surface area contributed by atoms with Crippen LogP contribution >= 0.6 is 0 Å². The van der Waals surface area contributed by atoms with E-state index >= 15 is 0 Å². The fourth-order valence-corrected chi connectivity index (χ4v) is 5.32. The number of methoxy groups -OCH3 is 1. The smallest absolute Gasteiger partial charge is 0.407 e. The third-order valence-electron chi connectivity index (χ3n) is 7.37. The lowest BCUT2D eigenvalue weighted by atomic mass is 10.0. The summed E-state index contributed by atoms with van der Waals surface area (Å²) in [6, 6.07) is 13.1. The number of pyridine rings is 1. The molecule has 2 aliphatic heterocycles. The second-order valence-corrected chi connectivity index (χ2v) is 9.66. The van der Waals surface area contributed by atoms with E-state index in [0.29, 0.717) is 37.8 Å². The van der Waals surface area contributed by atoms with Gasteiger partial charge in [0.25, 0.3) is 5.56 Å². The Morgan fingerprint density at radius 2 is 1.81 bits per heavy atom. The van der Waals surface area contributed by atoms with Crippen molar-refractivity contribution in [2.24, 2.45) is 0 Å². The third kappa shape index (κ3) is 5.36. The average Bonchev–Trinajstić information content (AvgIpc) is 2.91. The summed E-state index contributed by atoms with van der Waals surface area (Å²) >= 11 is 0. The number of fused-ring (bicyclic) bond motifs is 2. The highest BCUT2D eigenvalue weighted by molar-refractivity contribution is 5.83. The first-order chi connectivity index (χ1) is 17.9. The van der Waals surface area contributed by atoms with E-state index in [0.717, 1.165) is 60.3 Å². The molecule has 37 heavy (non-hydrogen) atoms. The van der Waals surface area contributed by atoms with Crippen LogP contribution in [0.15, 0.2) is 47.3 Å². The summed E-state index contributed by atoms with van der Waals surface area (Å²) in [5.41, 5.74) is 2.68. The topological polar surface area (TPSA) is 93.5 Å². The predicted molar refractivity (Wildman–Crippen MR) is 140 cm³/mol. The molecule has 1 N–H and O–H groups in total. The van der Waals surface area contributed by atoms with Gasteiger partial charge < -0.3 is 33.7 Å². The molecular formula is C28H33N3O6. The highest BCUT2D eigenvalue weighted by Crippen LogP contribution is 2.32. The molecule has 1 saturated heterocycles. The summed E-state index contributed by atoms with van der Waals surface area (Å²) < 4.78 is 18.4. The van der Waals surface area contributed by atoms with Gasteiger partial charge in [0.1, 0.15) is 19.0 Å². The Labute approximate surface area is 215 Å². The van der Waals surface area contributed by atoms with Gasteiger partial charge in [-0.1, -0.05) is 6.07 Å². The number of ether oxygens (including phenoxy) is 3. The minimum atomic E-state index is -0.917. The number of aromatic nitrogens is 1. The summed E-state index contributed by atoms with van der Waals surface area (Å²) in [5, 5.41) is 11.0. The van der Waals surface area contributed by atoms with Crippen LogP contribution in [-0.2, 0) is 13.1 Å². The monoisotopic (exact) mass is 507 g/mol. The summed E-state index contributed by atoms with van der Waals surface area (Å²) in [4.78, 5) is 28.8. The van der Waals surface area contributed by atoms with Gasteiger partial charge in [0.2, 0.25) is 0 Å². The van der Waals surface area contributed by atoms with Crippen molar-refractivity contribution in [3.63, 3.8) is 0 Å². The first-order valence-electron chi connectivity index (χ1n) is 12.7. The molecule has 1 aromatic heterocycles. The number of benzene rings is 2. The Hall–Kier alpha value is -3.72. The lowest BCUT2D eigenvalue weighted by Gasteiger charge is -2.37. The molecule has 196 valence electrons. The zero-order valence-electron chi connectivity index (χ0n) is 21.3. The van der Waals surface area contributed by atoms with E-state index in [1.165, 1.54) is 4.90 Å². The molecule has 3 aromatic rings. The van der Waals surface area contributed by atoms with Gasteiger partial charge >= 0.3 is 6.09 Å². The van der Waals surface area contributed by atoms with Crippen LogP contribution < -0.4 is 19.8 Å². The molecule has 2 aliphatic rings. The van der Waals surface area contributed by atoms with Crippen LogP contribution in [0.1, 0.15) is 24.0 Å². The molecule has 1 amide bonds. The van der Waals surface area contributed by atoms with Gasteiger partial charge in [-0.3, -0.25) is 4.79 Å². The van der Waals surface area contributed by atoms with Crippen molar-refractivity contribution in [1.29, 1.82) is 0 Å². The van der Waals surface area contributed by atoms with Gasteiger partial charge in [0, 0.05) is 56.3 Å². The lowest BCUT2D eigenvalue weighted by molar-refractivity contribution is 0.0856. The third-order valence-corrected chi connectivity index (χ3v) is 7.37. The highest BCUT2D eigenvalue weighted by atomic mass is 16.6. The van der Waals surface area contributed by atoms with Crippen molar-refractivity contribution in [2.45, 2.75) is 38.9 Å². The SMILES string of the molecule is COc1ccc2c(C)cc(=O)n(CCN3CCC(N(Cc4ccc5c(c4)OCCO5)C(=O)O)CC3)c2c1. The minimum Gasteiger partial charge on any atom is -0.497 e. The standard InChI is InChI=1S/C28H33N3O6/c1-19-15-27(32)30(24-17-22(35-2)4-5-23(19)24)12-11-29-9-7-21(8-10-29)31(28(33)34)18-20-3-6-25-26(16-20)37-14-13-36-25/h3-6,15-17,21H,7-14,18H2,1-2H3,(H,33,34). The van der Waals surface area contributed by atoms with Crippen LogP contribution in [0.4, 0.5) is 4.79 Å². The molecule has 5 rings (SSSR count). The van der Waals surface area contributed by atoms with Crippen molar-refractivity contribution in [3.05, 3.63) is 63.9 Å². The number of hydrogen-bond donors (Lipinski definition) is 1. The fourth-order valence-electron chi connectivity index (χ4n) is 5.32. The predicted octanol–water partition coefficient (Wildman–Crippen LogP) is 3.73. The van der Waals surface area contributed by atoms with Crippen molar-refractivity contribution in [2.75, 3.05) is 40.0 Å². The quantitative estimate of drug-likeness (QED) is 0.521. The molecule has 9 heteroatoms. The van der Waals surface area contributed by atoms with E-state index in [-0.39, 0.29) is 11.6 Å². The second kappa shape index (κ2) is 10.7. The maximum Gasteiger partial charge on any atom is 0.407 e. The molecule has 9 nitrogen and oxygen atoms in total. The molecule has 0 spiro atoms. The number of likely N-dealkylation sites (tertiary alicyclic amines) is 1. The van der Waals surface area contributed by atoms with E-state index in [1.54, 1.807) is 13.2 Å². The number of hydrogen-bond acceptors (Lipinski definition) is 6. The highest BCUT2D eigenvalue weighted by Gasteiger charge is 2.28. The normalized spacial score (nSPS) is 16.1. The zero-order chi connectivity index (χ0) is 25.9. The number of nitrogens with zero attached hydrogens (tertiary/aromatic N) is 3. The summed E-state index contributed by atoms with van der Waals surface area (Å²) in [6.07, 6.45) is 0.572. The Kier molecular flexibility index (Phi) is 7.23. The fraction of sp³-hybridized carbons (Fsp3) is 0.429. The first kappa shape index (κ1) is 25.0. The number of rotatable bonds is 7. The second-order valence-electron chi connectivity index (χ2n) is 9.66. The number of carbonyl (C=O) groups is 1. The number of amides is 1. The molecule has 0 atom stereocenters. The van der Waals surface area contributed by atoms with Gasteiger partial charge in [0.15, 0.2) is 11.5 Å². The molecule has 3 heterocycles. The van der Waals surface area contributed by atoms with Crippen molar-refractivity contribution >= 4 is 17.0 Å². The van der Waals surface area contributed by atoms with Gasteiger partial charge in [-0.2, -0.15) is 0 Å². The van der Waals surface area contributed by atoms with Crippen molar-refractivity contribution < 1.29 is 24.1 Å². The number of piperidine rings is 1. The summed E-state index contributed by atoms with van der Waals surface area (Å²) in [6.45, 7) is 6.11. The number of carboxylic acid groups (broad SMARTS) is 1. The van der Waals surface area contributed by atoms with Crippen molar-refractivity contribution in [1.82, 2.24) is 14.4 Å². The average molecular weight is 508 g/mol. The first-order valence-corrected chi connectivity index (χ1v) is 12.7. The van der Waals surface area contributed by atoms with Gasteiger partial charge in [-0.25, -0.2) is 4.79 Å². The van der Waals surface area contributed by atoms with Crippen LogP contribution in [0.3, 0.4) is 0 Å². The van der Waals surface area contributed by atoms with Crippen LogP contribution in [0.25, 0.3) is 10.9 Å².